The van der Waals surface area contributed by atoms with E-state index in [4.69, 9.17) is 9.47 Å². The van der Waals surface area contributed by atoms with Crippen molar-refractivity contribution in [1.29, 1.82) is 0 Å². The fourth-order valence-corrected chi connectivity index (χ4v) is 4.13. The van der Waals surface area contributed by atoms with Gasteiger partial charge >= 0.3 is 5.97 Å². The van der Waals surface area contributed by atoms with Crippen LogP contribution in [0.15, 0.2) is 41.6 Å². The van der Waals surface area contributed by atoms with Crippen LogP contribution in [0, 0.1) is 10.1 Å². The summed E-state index contributed by atoms with van der Waals surface area (Å²) in [5.74, 6) is 1.32. The maximum absolute atomic E-state index is 12.1. The lowest BCUT2D eigenvalue weighted by Gasteiger charge is -2.20. The van der Waals surface area contributed by atoms with Gasteiger partial charge in [0, 0.05) is 31.0 Å². The minimum absolute atomic E-state index is 0.00156. The number of unbranched alkanes of at least 4 members (excludes halogenated alkanes) is 1. The quantitative estimate of drug-likeness (QED) is 0.235. The van der Waals surface area contributed by atoms with Gasteiger partial charge in [-0.15, -0.1) is 21.9 Å². The van der Waals surface area contributed by atoms with E-state index in [1.54, 1.807) is 37.2 Å². The molecule has 0 radical (unpaired) electrons. The van der Waals surface area contributed by atoms with E-state index in [2.05, 4.69) is 14.7 Å². The third kappa shape index (κ3) is 7.11. The summed E-state index contributed by atoms with van der Waals surface area (Å²) in [6, 6.07) is 9.43. The number of thioether (sulfide) groups is 1. The first-order chi connectivity index (χ1) is 15.0. The molecule has 1 aromatic carbocycles. The first kappa shape index (κ1) is 22.8. The Balaban J connectivity index is 1.48. The predicted octanol–water partition coefficient (Wildman–Crippen LogP) is 3.34. The van der Waals surface area contributed by atoms with Crippen molar-refractivity contribution in [3.8, 4) is 5.75 Å². The average Bonchev–Trinajstić information content (AvgIpc) is 2.97. The van der Waals surface area contributed by atoms with Gasteiger partial charge in [-0.3, -0.25) is 4.90 Å². The molecule has 0 saturated carbocycles. The Hall–Kier alpha value is -2.85. The van der Waals surface area contributed by atoms with Gasteiger partial charge in [-0.2, -0.15) is 0 Å². The first-order valence-corrected chi connectivity index (χ1v) is 10.9. The van der Waals surface area contributed by atoms with Gasteiger partial charge in [0.15, 0.2) is 0 Å². The number of benzene rings is 1. The van der Waals surface area contributed by atoms with E-state index in [1.165, 1.54) is 0 Å². The molecule has 1 aromatic heterocycles. The maximum atomic E-state index is 12.1. The fourth-order valence-electron chi connectivity index (χ4n) is 3.15. The second-order valence-electron chi connectivity index (χ2n) is 7.00. The summed E-state index contributed by atoms with van der Waals surface area (Å²) >= 11 is 1.75. The number of aromatic nitrogens is 1. The molecule has 1 aliphatic heterocycles. The number of carbonyl (C=O) groups is 1. The van der Waals surface area contributed by atoms with Gasteiger partial charge < -0.3 is 14.3 Å². The van der Waals surface area contributed by atoms with Crippen LogP contribution in [0.2, 0.25) is 0 Å². The van der Waals surface area contributed by atoms with Gasteiger partial charge in [-0.1, -0.05) is 12.1 Å². The Kier molecular flexibility index (Phi) is 8.48. The molecule has 0 spiro atoms. The highest BCUT2D eigenvalue weighted by molar-refractivity contribution is 7.99. The summed E-state index contributed by atoms with van der Waals surface area (Å²) in [5, 5.41) is 10.3. The van der Waals surface area contributed by atoms with Gasteiger partial charge in [-0.25, -0.2) is 9.78 Å². The molecule has 3 rings (SSSR count). The van der Waals surface area contributed by atoms with Crippen molar-refractivity contribution in [2.75, 3.05) is 32.6 Å². The minimum Gasteiger partial charge on any atom is -0.495 e. The van der Waals surface area contributed by atoms with Gasteiger partial charge in [0.05, 0.1) is 32.1 Å². The molecule has 10 heteroatoms. The van der Waals surface area contributed by atoms with Crippen molar-refractivity contribution >= 4 is 17.7 Å². The molecule has 166 valence electrons. The van der Waals surface area contributed by atoms with Crippen LogP contribution in [0.1, 0.15) is 34.3 Å². The van der Waals surface area contributed by atoms with Crippen molar-refractivity contribution in [3.05, 3.63) is 63.3 Å². The van der Waals surface area contributed by atoms with Gasteiger partial charge in [0.1, 0.15) is 10.8 Å². The average molecular weight is 448 g/mol. The Morgan fingerprint density at radius 3 is 2.77 bits per heavy atom. The summed E-state index contributed by atoms with van der Waals surface area (Å²) in [6.07, 6.45) is 2.71. The zero-order valence-electron chi connectivity index (χ0n) is 17.3. The number of carbonyl (C=O) groups excluding carboxylic acids is 1. The van der Waals surface area contributed by atoms with Gasteiger partial charge in [-0.05, 0) is 36.6 Å². The van der Waals surface area contributed by atoms with Crippen molar-refractivity contribution < 1.29 is 24.2 Å². The van der Waals surface area contributed by atoms with Crippen molar-refractivity contribution in [3.63, 3.8) is 0 Å². The Labute approximate surface area is 184 Å². The number of pyridine rings is 1. The highest BCUT2D eigenvalue weighted by Gasteiger charge is 2.17. The molecule has 1 aliphatic rings. The Morgan fingerprint density at radius 2 is 2.03 bits per heavy atom. The molecule has 0 fully saturated rings. The molecule has 0 bridgehead atoms. The van der Waals surface area contributed by atoms with Crippen molar-refractivity contribution in [2.24, 2.45) is 0 Å². The predicted molar refractivity (Wildman–Crippen MR) is 115 cm³/mol. The number of methoxy groups -OCH3 is 1. The number of esters is 1. The Bertz CT molecular complexity index is 893. The van der Waals surface area contributed by atoms with Crippen LogP contribution in [0.5, 0.6) is 5.75 Å². The highest BCUT2D eigenvalue weighted by Crippen LogP contribution is 2.28. The largest absolute Gasteiger partial charge is 0.495 e. The molecule has 9 nitrogen and oxygen atoms in total. The molecule has 0 amide bonds. The van der Waals surface area contributed by atoms with Gasteiger partial charge in [0.2, 0.25) is 0 Å². The van der Waals surface area contributed by atoms with Crippen LogP contribution in [0.4, 0.5) is 0 Å². The monoisotopic (exact) mass is 447 g/mol. The molecule has 0 unspecified atom stereocenters. The van der Waals surface area contributed by atoms with Gasteiger partial charge in [0.25, 0.3) is 5.09 Å². The van der Waals surface area contributed by atoms with E-state index in [-0.39, 0.29) is 13.2 Å². The van der Waals surface area contributed by atoms with E-state index in [1.807, 2.05) is 18.2 Å². The van der Waals surface area contributed by atoms with E-state index >= 15 is 0 Å². The molecule has 31 heavy (non-hydrogen) atoms. The van der Waals surface area contributed by atoms with Crippen LogP contribution in [-0.2, 0) is 22.7 Å². The molecule has 0 atom stereocenters. The number of hydrogen-bond acceptors (Lipinski definition) is 9. The third-order valence-corrected chi connectivity index (χ3v) is 5.77. The van der Waals surface area contributed by atoms with E-state index < -0.39 is 11.1 Å². The second kappa shape index (κ2) is 11.5. The van der Waals surface area contributed by atoms with E-state index in [0.29, 0.717) is 18.4 Å². The van der Waals surface area contributed by atoms with Crippen LogP contribution in [0.3, 0.4) is 0 Å². The summed E-state index contributed by atoms with van der Waals surface area (Å²) < 4.78 is 10.5. The summed E-state index contributed by atoms with van der Waals surface area (Å²) in [4.78, 5) is 33.3. The van der Waals surface area contributed by atoms with Crippen molar-refractivity contribution in [1.82, 2.24) is 9.88 Å². The van der Waals surface area contributed by atoms with Crippen LogP contribution in [-0.4, -0.2) is 53.6 Å². The lowest BCUT2D eigenvalue weighted by atomic mass is 10.1. The maximum Gasteiger partial charge on any atom is 0.338 e. The molecule has 0 N–H and O–H groups in total. The first-order valence-electron chi connectivity index (χ1n) is 9.96. The topological polar surface area (TPSA) is 104 Å². The zero-order valence-corrected chi connectivity index (χ0v) is 18.1. The molecule has 0 saturated heterocycles. The van der Waals surface area contributed by atoms with Crippen LogP contribution in [0.25, 0.3) is 0 Å². The molecule has 2 aromatic rings. The lowest BCUT2D eigenvalue weighted by molar-refractivity contribution is -0.757. The van der Waals surface area contributed by atoms with Crippen LogP contribution < -0.4 is 4.74 Å². The number of ether oxygens (including phenoxy) is 2. The SMILES string of the molecule is COc1cnc2c(c1)CN(Cc1ccc(C(=O)OCCCCO[N+](=O)[O-])cc1)CCS2. The van der Waals surface area contributed by atoms with E-state index in [9.17, 15) is 14.9 Å². The third-order valence-electron chi connectivity index (χ3n) is 4.74. The van der Waals surface area contributed by atoms with Crippen molar-refractivity contribution in [2.45, 2.75) is 31.0 Å². The normalized spacial score (nSPS) is 13.7. The number of rotatable bonds is 10. The highest BCUT2D eigenvalue weighted by atomic mass is 32.2. The van der Waals surface area contributed by atoms with Crippen LogP contribution >= 0.6 is 11.8 Å². The molecular formula is C21H25N3O6S. The standard InChI is InChI=1S/C21H25N3O6S/c1-28-19-12-18-15-23(8-11-31-20(18)22-13-19)14-16-4-6-17(7-5-16)21(25)29-9-2-3-10-30-24(26)27/h4-7,12-13H,2-3,8-11,14-15H2,1H3. The fraction of sp³-hybridized carbons (Fsp3) is 0.429. The second-order valence-corrected chi connectivity index (χ2v) is 8.08. The number of nitrogens with zero attached hydrogens (tertiary/aromatic N) is 3. The zero-order chi connectivity index (χ0) is 22.1. The summed E-state index contributed by atoms with van der Waals surface area (Å²) in [7, 11) is 1.64. The lowest BCUT2D eigenvalue weighted by Crippen LogP contribution is -2.24. The number of hydrogen-bond donors (Lipinski definition) is 0. The summed E-state index contributed by atoms with van der Waals surface area (Å²) in [5.41, 5.74) is 2.75. The number of fused-ring (bicyclic) bond motifs is 1. The summed E-state index contributed by atoms with van der Waals surface area (Å²) in [6.45, 7) is 2.69. The molecule has 0 aliphatic carbocycles. The minimum atomic E-state index is -0.829. The molecular weight excluding hydrogens is 422 g/mol. The smallest absolute Gasteiger partial charge is 0.338 e. The molecule has 2 heterocycles. The Morgan fingerprint density at radius 1 is 1.26 bits per heavy atom. The van der Waals surface area contributed by atoms with E-state index in [0.717, 1.165) is 47.3 Å².